The maximum atomic E-state index is 11.5. The number of aromatic nitrogens is 1. The van der Waals surface area contributed by atoms with Crippen molar-refractivity contribution < 1.29 is 14.8 Å². The van der Waals surface area contributed by atoms with Crippen molar-refractivity contribution in [2.24, 2.45) is 0 Å². The molecule has 2 rings (SSSR count). The second-order valence-corrected chi connectivity index (χ2v) is 3.82. The zero-order valence-corrected chi connectivity index (χ0v) is 8.34. The van der Waals surface area contributed by atoms with Gasteiger partial charge in [-0.05, 0) is 12.8 Å². The molecule has 1 saturated carbocycles. The third kappa shape index (κ3) is 2.03. The number of hydrogen-bond acceptors (Lipinski definition) is 4. The molecule has 3 N–H and O–H groups in total. The fourth-order valence-electron chi connectivity index (χ4n) is 1.59. The highest BCUT2D eigenvalue weighted by molar-refractivity contribution is 5.93. The van der Waals surface area contributed by atoms with E-state index in [9.17, 15) is 14.9 Å². The van der Waals surface area contributed by atoms with Crippen LogP contribution in [0.2, 0.25) is 0 Å². The van der Waals surface area contributed by atoms with Crippen LogP contribution in [0.15, 0.2) is 12.3 Å². The van der Waals surface area contributed by atoms with Crippen molar-refractivity contribution in [3.63, 3.8) is 0 Å². The van der Waals surface area contributed by atoms with E-state index in [1.54, 1.807) is 0 Å². The summed E-state index contributed by atoms with van der Waals surface area (Å²) < 4.78 is 0. The van der Waals surface area contributed by atoms with Gasteiger partial charge in [-0.3, -0.25) is 14.9 Å². The topological polar surface area (TPSA) is 108 Å². The lowest BCUT2D eigenvalue weighted by Crippen LogP contribution is -2.46. The van der Waals surface area contributed by atoms with Crippen LogP contribution in [0.3, 0.4) is 0 Å². The zero-order chi connectivity index (χ0) is 11.7. The molecule has 0 aromatic carbocycles. The molecule has 0 atom stereocenters. The third-order valence-electron chi connectivity index (χ3n) is 2.57. The quantitative estimate of drug-likeness (QED) is 0.503. The van der Waals surface area contributed by atoms with E-state index in [-0.39, 0.29) is 29.4 Å². The van der Waals surface area contributed by atoms with Crippen molar-refractivity contribution in [2.75, 3.05) is 0 Å². The molecule has 1 aromatic rings. The number of carbonyl (C=O) groups excluding carboxylic acids is 1. The van der Waals surface area contributed by atoms with Gasteiger partial charge in [-0.2, -0.15) is 0 Å². The van der Waals surface area contributed by atoms with Crippen molar-refractivity contribution in [1.29, 1.82) is 0 Å². The smallest absolute Gasteiger partial charge is 0.287 e. The van der Waals surface area contributed by atoms with Gasteiger partial charge >= 0.3 is 0 Å². The normalized spacial score (nSPS) is 23.6. The molecule has 0 radical (unpaired) electrons. The molecular weight excluding hydrogens is 214 g/mol. The summed E-state index contributed by atoms with van der Waals surface area (Å²) in [7, 11) is 0. The minimum Gasteiger partial charge on any atom is -0.393 e. The zero-order valence-electron chi connectivity index (χ0n) is 8.34. The molecule has 0 saturated heterocycles. The number of nitrogens with zero attached hydrogens (tertiary/aromatic N) is 1. The molecule has 0 spiro atoms. The molecule has 0 aliphatic heterocycles. The molecule has 86 valence electrons. The predicted molar refractivity (Wildman–Crippen MR) is 53.9 cm³/mol. The van der Waals surface area contributed by atoms with Crippen LogP contribution in [-0.4, -0.2) is 33.1 Å². The SMILES string of the molecule is O=C(NC1CC(O)C1)c1cc([N+](=O)[O-])c[nH]1. The lowest BCUT2D eigenvalue weighted by atomic mass is 9.89. The first-order chi connectivity index (χ1) is 7.56. The first kappa shape index (κ1) is 10.6. The van der Waals surface area contributed by atoms with Gasteiger partial charge in [-0.1, -0.05) is 0 Å². The van der Waals surface area contributed by atoms with E-state index in [1.165, 1.54) is 12.3 Å². The Bertz CT molecular complexity index is 422. The molecule has 1 aliphatic rings. The Kier molecular flexibility index (Phi) is 2.61. The van der Waals surface area contributed by atoms with Crippen LogP contribution in [0.25, 0.3) is 0 Å². The molecule has 1 amide bonds. The maximum Gasteiger partial charge on any atom is 0.287 e. The lowest BCUT2D eigenvalue weighted by Gasteiger charge is -2.31. The van der Waals surface area contributed by atoms with Gasteiger partial charge in [-0.15, -0.1) is 0 Å². The third-order valence-corrected chi connectivity index (χ3v) is 2.57. The van der Waals surface area contributed by atoms with Crippen LogP contribution in [0.5, 0.6) is 0 Å². The first-order valence-corrected chi connectivity index (χ1v) is 4.88. The highest BCUT2D eigenvalue weighted by Crippen LogP contribution is 2.20. The largest absolute Gasteiger partial charge is 0.393 e. The fourth-order valence-corrected chi connectivity index (χ4v) is 1.59. The molecule has 1 aromatic heterocycles. The molecule has 0 bridgehead atoms. The van der Waals surface area contributed by atoms with Crippen molar-refractivity contribution >= 4 is 11.6 Å². The molecule has 1 aliphatic carbocycles. The van der Waals surface area contributed by atoms with Gasteiger partial charge < -0.3 is 15.4 Å². The molecule has 7 heteroatoms. The summed E-state index contributed by atoms with van der Waals surface area (Å²) >= 11 is 0. The van der Waals surface area contributed by atoms with Crippen LogP contribution >= 0.6 is 0 Å². The Hall–Kier alpha value is -1.89. The second kappa shape index (κ2) is 3.93. The summed E-state index contributed by atoms with van der Waals surface area (Å²) in [6.07, 6.45) is 1.90. The van der Waals surface area contributed by atoms with Crippen LogP contribution < -0.4 is 5.32 Å². The Morgan fingerprint density at radius 1 is 1.62 bits per heavy atom. The summed E-state index contributed by atoms with van der Waals surface area (Å²) in [4.78, 5) is 23.9. The van der Waals surface area contributed by atoms with Gasteiger partial charge in [0.25, 0.3) is 11.6 Å². The Morgan fingerprint density at radius 3 is 2.81 bits per heavy atom. The van der Waals surface area contributed by atoms with Crippen molar-refractivity contribution in [3.05, 3.63) is 28.1 Å². The van der Waals surface area contributed by atoms with Crippen molar-refractivity contribution in [1.82, 2.24) is 10.3 Å². The lowest BCUT2D eigenvalue weighted by molar-refractivity contribution is -0.384. The van der Waals surface area contributed by atoms with E-state index in [0.717, 1.165) is 0 Å². The maximum absolute atomic E-state index is 11.5. The van der Waals surface area contributed by atoms with Crippen LogP contribution in [-0.2, 0) is 0 Å². The van der Waals surface area contributed by atoms with Gasteiger partial charge in [0.1, 0.15) is 5.69 Å². The van der Waals surface area contributed by atoms with Crippen LogP contribution in [0, 0.1) is 10.1 Å². The van der Waals surface area contributed by atoms with Gasteiger partial charge in [0.2, 0.25) is 0 Å². The molecule has 1 fully saturated rings. The number of nitrogens with one attached hydrogen (secondary N) is 2. The molecule has 1 heterocycles. The number of aromatic amines is 1. The highest BCUT2D eigenvalue weighted by atomic mass is 16.6. The average molecular weight is 225 g/mol. The Morgan fingerprint density at radius 2 is 2.31 bits per heavy atom. The van der Waals surface area contributed by atoms with E-state index in [0.29, 0.717) is 12.8 Å². The van der Waals surface area contributed by atoms with Crippen LogP contribution in [0.4, 0.5) is 5.69 Å². The highest BCUT2D eigenvalue weighted by Gasteiger charge is 2.29. The van der Waals surface area contributed by atoms with Crippen molar-refractivity contribution in [3.8, 4) is 0 Å². The van der Waals surface area contributed by atoms with Crippen LogP contribution in [0.1, 0.15) is 23.3 Å². The number of rotatable bonds is 3. The summed E-state index contributed by atoms with van der Waals surface area (Å²) in [6.45, 7) is 0. The number of aliphatic hydroxyl groups is 1. The molecule has 7 nitrogen and oxygen atoms in total. The summed E-state index contributed by atoms with van der Waals surface area (Å²) in [5.41, 5.74) is 0.0203. The average Bonchev–Trinajstić information content (AvgIpc) is 2.63. The fraction of sp³-hybridized carbons (Fsp3) is 0.444. The van der Waals surface area contributed by atoms with E-state index < -0.39 is 4.92 Å². The van der Waals surface area contributed by atoms with Gasteiger partial charge in [0, 0.05) is 12.1 Å². The summed E-state index contributed by atoms with van der Waals surface area (Å²) in [5.74, 6) is -0.384. The van der Waals surface area contributed by atoms with Crippen molar-refractivity contribution in [2.45, 2.75) is 25.0 Å². The Labute approximate surface area is 90.6 Å². The second-order valence-electron chi connectivity index (χ2n) is 3.82. The van der Waals surface area contributed by atoms with E-state index >= 15 is 0 Å². The number of hydrogen-bond donors (Lipinski definition) is 3. The van der Waals surface area contributed by atoms with Gasteiger partial charge in [0.05, 0.1) is 17.2 Å². The first-order valence-electron chi connectivity index (χ1n) is 4.88. The minimum absolute atomic E-state index is 0.0372. The van der Waals surface area contributed by atoms with E-state index in [4.69, 9.17) is 5.11 Å². The summed E-state index contributed by atoms with van der Waals surface area (Å²) in [5, 5.41) is 22.1. The monoisotopic (exact) mass is 225 g/mol. The minimum atomic E-state index is -0.569. The molecule has 0 unspecified atom stereocenters. The molecule has 16 heavy (non-hydrogen) atoms. The van der Waals surface area contributed by atoms with E-state index in [2.05, 4.69) is 10.3 Å². The van der Waals surface area contributed by atoms with Gasteiger partial charge in [-0.25, -0.2) is 0 Å². The number of amides is 1. The predicted octanol–water partition coefficient (Wildman–Crippen LogP) is 0.176. The Balaban J connectivity index is 1.95. The number of aliphatic hydroxyl groups excluding tert-OH is 1. The van der Waals surface area contributed by atoms with E-state index in [1.807, 2.05) is 0 Å². The number of H-pyrrole nitrogens is 1. The number of nitro groups is 1. The standard InChI is InChI=1S/C9H11N3O4/c13-7-1-5(2-7)11-9(14)8-3-6(4-10-8)12(15)16/h3-5,7,10,13H,1-2H2,(H,11,14). The van der Waals surface area contributed by atoms with Gasteiger partial charge in [0.15, 0.2) is 0 Å². The number of carbonyl (C=O) groups is 1. The summed E-state index contributed by atoms with van der Waals surface area (Å²) in [6, 6.07) is 1.15. The molecular formula is C9H11N3O4.